The van der Waals surface area contributed by atoms with E-state index in [-0.39, 0.29) is 17.7 Å². The SMILES string of the molecule is Cn1nnnc1SCC(=O)N[C@H](c1ccccc1)c1nccs1. The quantitative estimate of drug-likeness (QED) is 0.683. The molecule has 0 aliphatic carbocycles. The number of carbonyl (C=O) groups is 1. The molecular formula is C14H14N6OS2. The van der Waals surface area contributed by atoms with Crippen LogP contribution in [-0.4, -0.2) is 36.9 Å². The van der Waals surface area contributed by atoms with Crippen molar-refractivity contribution in [2.24, 2.45) is 7.05 Å². The number of amides is 1. The Labute approximate surface area is 141 Å². The standard InChI is InChI=1S/C14H14N6OS2/c1-20-14(17-18-19-20)23-9-11(21)16-12(13-15-7-8-22-13)10-5-3-2-4-6-10/h2-8,12H,9H2,1H3,(H,16,21)/t12-/m1/s1. The molecule has 7 nitrogen and oxygen atoms in total. The van der Waals surface area contributed by atoms with Crippen LogP contribution >= 0.6 is 23.1 Å². The molecule has 0 saturated heterocycles. The molecule has 3 rings (SSSR count). The van der Waals surface area contributed by atoms with Crippen LogP contribution < -0.4 is 5.32 Å². The second-order valence-corrected chi connectivity index (χ2v) is 6.52. The summed E-state index contributed by atoms with van der Waals surface area (Å²) in [4.78, 5) is 16.6. The van der Waals surface area contributed by atoms with Crippen molar-refractivity contribution >= 4 is 29.0 Å². The highest BCUT2D eigenvalue weighted by Crippen LogP contribution is 2.24. The van der Waals surface area contributed by atoms with Crippen molar-refractivity contribution in [1.29, 1.82) is 0 Å². The number of rotatable bonds is 6. The maximum atomic E-state index is 12.3. The van der Waals surface area contributed by atoms with Crippen molar-refractivity contribution < 1.29 is 4.79 Å². The summed E-state index contributed by atoms with van der Waals surface area (Å²) in [7, 11) is 1.74. The molecule has 23 heavy (non-hydrogen) atoms. The summed E-state index contributed by atoms with van der Waals surface area (Å²) in [5.41, 5.74) is 1.00. The Morgan fingerprint density at radius 3 is 2.87 bits per heavy atom. The first-order valence-corrected chi connectivity index (χ1v) is 8.69. The smallest absolute Gasteiger partial charge is 0.231 e. The van der Waals surface area contributed by atoms with Gasteiger partial charge in [-0.3, -0.25) is 4.79 Å². The van der Waals surface area contributed by atoms with Gasteiger partial charge >= 0.3 is 0 Å². The molecule has 0 aliphatic heterocycles. The molecule has 0 saturated carbocycles. The van der Waals surface area contributed by atoms with Gasteiger partial charge in [0.1, 0.15) is 11.0 Å². The van der Waals surface area contributed by atoms with E-state index in [1.165, 1.54) is 27.8 Å². The van der Waals surface area contributed by atoms with Gasteiger partial charge in [0.15, 0.2) is 0 Å². The van der Waals surface area contributed by atoms with E-state index in [1.54, 1.807) is 13.2 Å². The number of aryl methyl sites for hydroxylation is 1. The molecular weight excluding hydrogens is 332 g/mol. The van der Waals surface area contributed by atoms with Crippen molar-refractivity contribution in [2.45, 2.75) is 11.2 Å². The van der Waals surface area contributed by atoms with Crippen LogP contribution in [0.25, 0.3) is 0 Å². The molecule has 0 unspecified atom stereocenters. The zero-order valence-electron chi connectivity index (χ0n) is 12.3. The molecule has 2 heterocycles. The first-order valence-electron chi connectivity index (χ1n) is 6.83. The lowest BCUT2D eigenvalue weighted by atomic mass is 10.1. The lowest BCUT2D eigenvalue weighted by Gasteiger charge is -2.16. The van der Waals surface area contributed by atoms with Crippen LogP contribution in [-0.2, 0) is 11.8 Å². The number of thioether (sulfide) groups is 1. The average molecular weight is 346 g/mol. The minimum absolute atomic E-state index is 0.0953. The number of hydrogen-bond donors (Lipinski definition) is 1. The summed E-state index contributed by atoms with van der Waals surface area (Å²) < 4.78 is 1.54. The third kappa shape index (κ3) is 3.93. The van der Waals surface area contributed by atoms with E-state index in [0.717, 1.165) is 10.6 Å². The van der Waals surface area contributed by atoms with E-state index in [4.69, 9.17) is 0 Å². The van der Waals surface area contributed by atoms with Crippen LogP contribution in [0.1, 0.15) is 16.6 Å². The summed E-state index contributed by atoms with van der Waals surface area (Å²) in [5, 5.41) is 17.5. The molecule has 0 spiro atoms. The Morgan fingerprint density at radius 2 is 2.22 bits per heavy atom. The highest BCUT2D eigenvalue weighted by molar-refractivity contribution is 7.99. The molecule has 1 N–H and O–H groups in total. The maximum Gasteiger partial charge on any atom is 0.231 e. The number of aromatic nitrogens is 5. The maximum absolute atomic E-state index is 12.3. The molecule has 118 valence electrons. The van der Waals surface area contributed by atoms with Crippen LogP contribution in [0.4, 0.5) is 0 Å². The van der Waals surface area contributed by atoms with Gasteiger partial charge in [0.05, 0.1) is 5.75 Å². The summed E-state index contributed by atoms with van der Waals surface area (Å²) in [6.45, 7) is 0. The van der Waals surface area contributed by atoms with Gasteiger partial charge in [-0.25, -0.2) is 9.67 Å². The molecule has 1 aromatic carbocycles. The number of hydrogen-bond acceptors (Lipinski definition) is 7. The molecule has 1 atom stereocenters. The molecule has 1 amide bonds. The van der Waals surface area contributed by atoms with Crippen LogP contribution in [0, 0.1) is 0 Å². The molecule has 0 bridgehead atoms. The summed E-state index contributed by atoms with van der Waals surface area (Å²) >= 11 is 2.81. The second-order valence-electron chi connectivity index (χ2n) is 4.66. The molecule has 2 aromatic heterocycles. The van der Waals surface area contributed by atoms with Crippen LogP contribution in [0.5, 0.6) is 0 Å². The van der Waals surface area contributed by atoms with E-state index >= 15 is 0 Å². The van der Waals surface area contributed by atoms with Gasteiger partial charge in [-0.05, 0) is 16.0 Å². The fourth-order valence-electron chi connectivity index (χ4n) is 1.99. The number of nitrogens with zero attached hydrogens (tertiary/aromatic N) is 5. The number of carbonyl (C=O) groups excluding carboxylic acids is 1. The van der Waals surface area contributed by atoms with Gasteiger partial charge in [-0.15, -0.1) is 16.4 Å². The van der Waals surface area contributed by atoms with Gasteiger partial charge in [-0.1, -0.05) is 42.1 Å². The first kappa shape index (κ1) is 15.6. The second kappa shape index (κ2) is 7.34. The van der Waals surface area contributed by atoms with E-state index in [2.05, 4.69) is 25.8 Å². The van der Waals surface area contributed by atoms with Crippen LogP contribution in [0.2, 0.25) is 0 Å². The summed E-state index contributed by atoms with van der Waals surface area (Å²) in [6.07, 6.45) is 1.74. The van der Waals surface area contributed by atoms with Gasteiger partial charge in [0.25, 0.3) is 0 Å². The van der Waals surface area contributed by atoms with Crippen molar-refractivity contribution in [3.05, 3.63) is 52.5 Å². The Balaban J connectivity index is 1.69. The van der Waals surface area contributed by atoms with Gasteiger partial charge in [0.2, 0.25) is 11.1 Å². The molecule has 0 fully saturated rings. The average Bonchev–Trinajstić information content (AvgIpc) is 3.23. The fraction of sp³-hybridized carbons (Fsp3) is 0.214. The normalized spacial score (nSPS) is 12.0. The van der Waals surface area contributed by atoms with Crippen molar-refractivity contribution in [2.75, 3.05) is 5.75 Å². The summed E-state index contributed by atoms with van der Waals surface area (Å²) in [6, 6.07) is 9.55. The van der Waals surface area contributed by atoms with Gasteiger partial charge in [0, 0.05) is 18.6 Å². The zero-order valence-corrected chi connectivity index (χ0v) is 13.9. The number of nitrogens with one attached hydrogen (secondary N) is 1. The molecule has 3 aromatic rings. The predicted octanol–water partition coefficient (Wildman–Crippen LogP) is 1.66. The minimum atomic E-state index is -0.248. The zero-order chi connectivity index (χ0) is 16.1. The summed E-state index contributed by atoms with van der Waals surface area (Å²) in [5.74, 6) is 0.144. The number of benzene rings is 1. The third-order valence-corrected chi connectivity index (χ3v) is 4.90. The van der Waals surface area contributed by atoms with Crippen LogP contribution in [0.3, 0.4) is 0 Å². The molecule has 0 aliphatic rings. The Morgan fingerprint density at radius 1 is 1.39 bits per heavy atom. The van der Waals surface area contributed by atoms with Gasteiger partial charge in [-0.2, -0.15) is 0 Å². The first-order chi connectivity index (χ1) is 11.2. The van der Waals surface area contributed by atoms with E-state index in [0.29, 0.717) is 5.16 Å². The van der Waals surface area contributed by atoms with E-state index < -0.39 is 0 Å². The lowest BCUT2D eigenvalue weighted by molar-refractivity contribution is -0.119. The van der Waals surface area contributed by atoms with Crippen molar-refractivity contribution in [3.8, 4) is 0 Å². The minimum Gasteiger partial charge on any atom is -0.342 e. The van der Waals surface area contributed by atoms with E-state index in [1.807, 2.05) is 35.7 Å². The lowest BCUT2D eigenvalue weighted by Crippen LogP contribution is -2.30. The Kier molecular flexibility index (Phi) is 4.99. The van der Waals surface area contributed by atoms with Gasteiger partial charge < -0.3 is 5.32 Å². The largest absolute Gasteiger partial charge is 0.342 e. The molecule has 0 radical (unpaired) electrons. The predicted molar refractivity (Wildman–Crippen MR) is 88.1 cm³/mol. The monoisotopic (exact) mass is 346 g/mol. The number of thiazole rings is 1. The third-order valence-electron chi connectivity index (χ3n) is 3.05. The Hall–Kier alpha value is -2.26. The fourth-order valence-corrected chi connectivity index (χ4v) is 3.36. The number of tetrazole rings is 1. The van der Waals surface area contributed by atoms with Crippen molar-refractivity contribution in [3.63, 3.8) is 0 Å². The molecule has 9 heteroatoms. The van der Waals surface area contributed by atoms with E-state index in [9.17, 15) is 4.79 Å². The highest BCUT2D eigenvalue weighted by atomic mass is 32.2. The topological polar surface area (TPSA) is 85.6 Å². The van der Waals surface area contributed by atoms with Crippen LogP contribution in [0.15, 0.2) is 47.1 Å². The highest BCUT2D eigenvalue weighted by Gasteiger charge is 2.19. The Bertz CT molecular complexity index is 759. The van der Waals surface area contributed by atoms with Crippen molar-refractivity contribution in [1.82, 2.24) is 30.5 Å².